The molecule has 0 saturated carbocycles. The molecule has 1 aliphatic heterocycles. The number of nitrogens with zero attached hydrogens (tertiary/aromatic N) is 4. The van der Waals surface area contributed by atoms with Crippen LogP contribution in [0.2, 0.25) is 0 Å². The minimum Gasteiger partial charge on any atom is -0.474 e. The van der Waals surface area contributed by atoms with Crippen molar-refractivity contribution in [2.75, 3.05) is 25.4 Å². The maximum absolute atomic E-state index is 12.6. The zero-order valence-electron chi connectivity index (χ0n) is 22.7. The summed E-state index contributed by atoms with van der Waals surface area (Å²) in [5.41, 5.74) is 0.994. The monoisotopic (exact) mass is 552 g/mol. The quantitative estimate of drug-likeness (QED) is 0.375. The van der Waals surface area contributed by atoms with Crippen LogP contribution in [0.15, 0.2) is 23.5 Å². The van der Waals surface area contributed by atoms with Crippen LogP contribution in [0, 0.1) is 13.8 Å². The fraction of sp³-hybridized carbons (Fsp3) is 0.600. The molecule has 3 rings (SSSR count). The summed E-state index contributed by atoms with van der Waals surface area (Å²) in [6.07, 6.45) is 1.43. The molecule has 1 aliphatic rings. The molecule has 0 atom stereocenters. The molecule has 3 heterocycles. The van der Waals surface area contributed by atoms with Crippen molar-refractivity contribution in [1.82, 2.24) is 20.0 Å². The second-order valence-corrected chi connectivity index (χ2v) is 11.5. The van der Waals surface area contributed by atoms with Gasteiger partial charge >= 0.3 is 6.16 Å². The van der Waals surface area contributed by atoms with Gasteiger partial charge < -0.3 is 23.8 Å². The van der Waals surface area contributed by atoms with Crippen LogP contribution in [0.25, 0.3) is 0 Å². The molecule has 0 spiro atoms. The Morgan fingerprint density at radius 3 is 2.37 bits per heavy atom. The van der Waals surface area contributed by atoms with Gasteiger partial charge in [-0.2, -0.15) is 0 Å². The molecule has 0 aliphatic carbocycles. The smallest absolute Gasteiger partial charge is 0.474 e. The zero-order valence-corrected chi connectivity index (χ0v) is 23.5. The lowest BCUT2D eigenvalue weighted by atomic mass is 10.1. The molecule has 2 aromatic heterocycles. The van der Waals surface area contributed by atoms with Gasteiger partial charge in [0.1, 0.15) is 12.4 Å². The molecule has 2 aromatic rings. The number of hydrogen-bond donors (Lipinski definition) is 0. The molecule has 0 unspecified atom stereocenters. The molecular formula is C25H36N4O8S. The summed E-state index contributed by atoms with van der Waals surface area (Å²) < 4.78 is 47.6. The highest BCUT2D eigenvalue weighted by molar-refractivity contribution is 7.91. The highest BCUT2D eigenvalue weighted by atomic mass is 32.2. The largest absolute Gasteiger partial charge is 0.528 e. The van der Waals surface area contributed by atoms with Crippen molar-refractivity contribution in [2.45, 2.75) is 77.7 Å². The molecular weight excluding hydrogens is 516 g/mol. The number of aromatic nitrogens is 3. The zero-order chi connectivity index (χ0) is 27.9. The highest BCUT2D eigenvalue weighted by Gasteiger charge is 2.26. The number of rotatable bonds is 11. The molecule has 38 heavy (non-hydrogen) atoms. The second kappa shape index (κ2) is 13.2. The van der Waals surface area contributed by atoms with E-state index >= 15 is 0 Å². The Morgan fingerprint density at radius 2 is 1.74 bits per heavy atom. The molecule has 1 saturated heterocycles. The SMILES string of the molecule is Cc1nc(S(=O)(=O)CCOC(C)C)ccc1Oc1ncnc(OC2CCN(OC(=O)OC(C)C)CC2)c1C. The fourth-order valence-electron chi connectivity index (χ4n) is 3.57. The molecule has 0 amide bonds. The van der Waals surface area contributed by atoms with Crippen molar-refractivity contribution >= 4 is 16.0 Å². The maximum atomic E-state index is 12.6. The number of hydrogen-bond acceptors (Lipinski definition) is 12. The summed E-state index contributed by atoms with van der Waals surface area (Å²) in [6.45, 7) is 11.7. The van der Waals surface area contributed by atoms with Crippen molar-refractivity contribution < 1.29 is 37.0 Å². The molecule has 0 radical (unpaired) electrons. The third-order valence-electron chi connectivity index (χ3n) is 5.55. The van der Waals surface area contributed by atoms with E-state index in [1.807, 2.05) is 13.8 Å². The number of piperidine rings is 1. The molecule has 0 bridgehead atoms. The topological polar surface area (TPSA) is 139 Å². The van der Waals surface area contributed by atoms with Crippen LogP contribution >= 0.6 is 0 Å². The molecule has 13 heteroatoms. The average molecular weight is 553 g/mol. The third-order valence-corrected chi connectivity index (χ3v) is 7.12. The van der Waals surface area contributed by atoms with E-state index in [4.69, 9.17) is 23.8 Å². The van der Waals surface area contributed by atoms with E-state index < -0.39 is 16.0 Å². The van der Waals surface area contributed by atoms with Gasteiger partial charge in [0, 0.05) is 25.9 Å². The van der Waals surface area contributed by atoms with Gasteiger partial charge in [0.2, 0.25) is 11.8 Å². The summed E-state index contributed by atoms with van der Waals surface area (Å²) in [7, 11) is -3.59. The first-order chi connectivity index (χ1) is 17.9. The minimum absolute atomic E-state index is 0.0362. The van der Waals surface area contributed by atoms with E-state index in [1.54, 1.807) is 38.8 Å². The van der Waals surface area contributed by atoms with Crippen LogP contribution in [0.1, 0.15) is 51.8 Å². The molecule has 1 fully saturated rings. The third kappa shape index (κ3) is 8.50. The van der Waals surface area contributed by atoms with Crippen molar-refractivity contribution in [2.24, 2.45) is 0 Å². The number of carbonyl (C=O) groups is 1. The summed E-state index contributed by atoms with van der Waals surface area (Å²) in [5, 5.41) is 1.52. The van der Waals surface area contributed by atoms with Gasteiger partial charge in [0.05, 0.1) is 35.8 Å². The first-order valence-corrected chi connectivity index (χ1v) is 14.2. The van der Waals surface area contributed by atoms with Crippen molar-refractivity contribution in [1.29, 1.82) is 0 Å². The lowest BCUT2D eigenvalue weighted by molar-refractivity contribution is -0.151. The molecule has 210 valence electrons. The predicted octanol–water partition coefficient (Wildman–Crippen LogP) is 3.80. The Balaban J connectivity index is 1.60. The average Bonchev–Trinajstić information content (AvgIpc) is 2.83. The number of pyridine rings is 1. The van der Waals surface area contributed by atoms with Crippen LogP contribution in [0.5, 0.6) is 17.5 Å². The van der Waals surface area contributed by atoms with E-state index in [0.717, 1.165) is 0 Å². The van der Waals surface area contributed by atoms with Gasteiger partial charge in [-0.05, 0) is 53.7 Å². The van der Waals surface area contributed by atoms with Crippen molar-refractivity contribution in [3.63, 3.8) is 0 Å². The number of aryl methyl sites for hydroxylation is 1. The number of carbonyl (C=O) groups excluding carboxylic acids is 1. The highest BCUT2D eigenvalue weighted by Crippen LogP contribution is 2.30. The number of hydroxylamine groups is 2. The standard InChI is InChI=1S/C25H36N4O8S/c1-16(2)33-13-14-38(31,32)22-8-7-21(19(6)28-22)36-24-18(5)23(26-15-27-24)35-20-9-11-29(12-10-20)37-25(30)34-17(3)4/h7-8,15-17,20H,9-14H2,1-6H3. The Bertz CT molecular complexity index is 1200. The molecule has 0 aromatic carbocycles. The van der Waals surface area contributed by atoms with E-state index in [0.29, 0.717) is 48.8 Å². The molecule has 12 nitrogen and oxygen atoms in total. The van der Waals surface area contributed by atoms with Gasteiger partial charge in [0.25, 0.3) is 0 Å². The summed E-state index contributed by atoms with van der Waals surface area (Å²) in [6, 6.07) is 2.97. The first kappa shape index (κ1) is 29.5. The van der Waals surface area contributed by atoms with Crippen LogP contribution < -0.4 is 9.47 Å². The second-order valence-electron chi connectivity index (χ2n) is 9.44. The predicted molar refractivity (Wildman–Crippen MR) is 137 cm³/mol. The van der Waals surface area contributed by atoms with Crippen LogP contribution in [0.4, 0.5) is 4.79 Å². The van der Waals surface area contributed by atoms with E-state index in [1.165, 1.54) is 12.4 Å². The van der Waals surface area contributed by atoms with E-state index in [9.17, 15) is 13.2 Å². The van der Waals surface area contributed by atoms with Gasteiger partial charge in [-0.15, -0.1) is 5.06 Å². The Morgan fingerprint density at radius 1 is 1.05 bits per heavy atom. The number of ether oxygens (including phenoxy) is 4. The lowest BCUT2D eigenvalue weighted by Gasteiger charge is -2.30. The van der Waals surface area contributed by atoms with E-state index in [-0.39, 0.29) is 41.6 Å². The minimum atomic E-state index is -3.59. The van der Waals surface area contributed by atoms with Crippen molar-refractivity contribution in [3.8, 4) is 17.5 Å². The van der Waals surface area contributed by atoms with Gasteiger partial charge in [0.15, 0.2) is 20.6 Å². The van der Waals surface area contributed by atoms with Crippen LogP contribution in [-0.4, -0.2) is 78.3 Å². The first-order valence-electron chi connectivity index (χ1n) is 12.6. The Kier molecular flexibility index (Phi) is 10.2. The molecule has 0 N–H and O–H groups in total. The van der Waals surface area contributed by atoms with E-state index in [2.05, 4.69) is 15.0 Å². The Labute approximate surface area is 223 Å². The van der Waals surface area contributed by atoms with Gasteiger partial charge in [-0.25, -0.2) is 28.2 Å². The maximum Gasteiger partial charge on any atom is 0.528 e. The summed E-state index contributed by atoms with van der Waals surface area (Å²) in [5.74, 6) is 0.867. The summed E-state index contributed by atoms with van der Waals surface area (Å²) in [4.78, 5) is 29.6. The normalized spacial score (nSPS) is 15.1. The summed E-state index contributed by atoms with van der Waals surface area (Å²) >= 11 is 0. The fourth-order valence-corrected chi connectivity index (χ4v) is 4.64. The Hall–Kier alpha value is -3.03. The van der Waals surface area contributed by atoms with Crippen LogP contribution in [-0.2, 0) is 24.1 Å². The van der Waals surface area contributed by atoms with Gasteiger partial charge in [-0.3, -0.25) is 0 Å². The van der Waals surface area contributed by atoms with Crippen molar-refractivity contribution in [3.05, 3.63) is 29.7 Å². The lowest BCUT2D eigenvalue weighted by Crippen LogP contribution is -2.40. The van der Waals surface area contributed by atoms with Crippen LogP contribution in [0.3, 0.4) is 0 Å². The number of sulfone groups is 1. The van der Waals surface area contributed by atoms with Gasteiger partial charge in [-0.1, -0.05) is 0 Å².